The summed E-state index contributed by atoms with van der Waals surface area (Å²) < 4.78 is 14.8. The molecule has 0 atom stereocenters. The van der Waals surface area contributed by atoms with E-state index in [1.165, 1.54) is 10.4 Å². The number of fused-ring (bicyclic) bond motifs is 1. The molecule has 6 nitrogen and oxygen atoms in total. The van der Waals surface area contributed by atoms with Gasteiger partial charge in [0, 0.05) is 26.1 Å². The van der Waals surface area contributed by atoms with Gasteiger partial charge in [-0.2, -0.15) is 0 Å². The summed E-state index contributed by atoms with van der Waals surface area (Å²) in [5.74, 6) is 1.01. The van der Waals surface area contributed by atoms with Crippen LogP contribution in [0.5, 0.6) is 0 Å². The van der Waals surface area contributed by atoms with Crippen LogP contribution in [0, 0.1) is 0 Å². The number of aromatic nitrogens is 2. The molecule has 1 aromatic heterocycles. The fourth-order valence-electron chi connectivity index (χ4n) is 5.09. The molecular weight excluding hydrogens is 466 g/mol. The first kappa shape index (κ1) is 26.2. The first-order valence-corrected chi connectivity index (χ1v) is 14.7. The summed E-state index contributed by atoms with van der Waals surface area (Å²) in [6.45, 7) is 15.0. The van der Waals surface area contributed by atoms with Gasteiger partial charge in [-0.15, -0.1) is 0 Å². The molecule has 0 spiro atoms. The number of benzene rings is 2. The van der Waals surface area contributed by atoms with Gasteiger partial charge in [-0.25, -0.2) is 9.78 Å². The number of hydrogen-bond acceptors (Lipinski definition) is 4. The van der Waals surface area contributed by atoms with E-state index in [2.05, 4.69) is 86.0 Å². The third kappa shape index (κ3) is 5.42. The van der Waals surface area contributed by atoms with Gasteiger partial charge in [0.15, 0.2) is 0 Å². The lowest BCUT2D eigenvalue weighted by Crippen LogP contribution is -2.66. The Morgan fingerprint density at radius 2 is 1.50 bits per heavy atom. The van der Waals surface area contributed by atoms with Gasteiger partial charge in [-0.05, 0) is 36.2 Å². The molecule has 0 radical (unpaired) electrons. The van der Waals surface area contributed by atoms with Crippen LogP contribution in [0.3, 0.4) is 0 Å². The zero-order chi connectivity index (χ0) is 26.0. The van der Waals surface area contributed by atoms with Crippen LogP contribution >= 0.6 is 0 Å². The van der Waals surface area contributed by atoms with Crippen LogP contribution in [-0.2, 0) is 28.7 Å². The summed E-state index contributed by atoms with van der Waals surface area (Å²) in [6, 6.07) is 21.4. The highest BCUT2D eigenvalue weighted by Gasteiger charge is 2.50. The first-order chi connectivity index (χ1) is 17.0. The van der Waals surface area contributed by atoms with Crippen molar-refractivity contribution < 1.29 is 14.0 Å². The molecule has 3 aromatic rings. The maximum Gasteiger partial charge on any atom is 0.410 e. The van der Waals surface area contributed by atoms with Crippen molar-refractivity contribution in [2.45, 2.75) is 71.7 Å². The topological polar surface area (TPSA) is 56.6 Å². The molecule has 0 unspecified atom stereocenters. The van der Waals surface area contributed by atoms with Crippen molar-refractivity contribution in [2.24, 2.45) is 0 Å². The van der Waals surface area contributed by atoms with Gasteiger partial charge < -0.3 is 18.6 Å². The Hall–Kier alpha value is -2.90. The number of rotatable bonds is 6. The lowest BCUT2D eigenvalue weighted by Gasteiger charge is -2.43. The number of amides is 1. The van der Waals surface area contributed by atoms with Crippen molar-refractivity contribution in [1.82, 2.24) is 14.5 Å². The normalized spacial score (nSPS) is 14.4. The molecule has 1 aliphatic rings. The highest BCUT2D eigenvalue weighted by molar-refractivity contribution is 6.99. The summed E-state index contributed by atoms with van der Waals surface area (Å²) in [5, 5.41) is 2.50. The molecule has 0 N–H and O–H groups in total. The van der Waals surface area contributed by atoms with Crippen LogP contribution in [-0.4, -0.2) is 47.6 Å². The molecule has 1 amide bonds. The SMILES string of the molecule is CC(C)(C)OC(=O)N1CCn2c(cnc2CCO[Si](c2ccccc2)(c2ccccc2)C(C)(C)C)C1. The Balaban J connectivity index is 1.53. The lowest BCUT2D eigenvalue weighted by atomic mass is 10.2. The number of carbonyl (C=O) groups is 1. The smallest absolute Gasteiger partial charge is 0.410 e. The zero-order valence-electron chi connectivity index (χ0n) is 22.5. The number of hydrogen-bond donors (Lipinski definition) is 0. The summed E-state index contributed by atoms with van der Waals surface area (Å²) in [7, 11) is -2.57. The number of imidazole rings is 1. The predicted octanol–water partition coefficient (Wildman–Crippen LogP) is 4.75. The Morgan fingerprint density at radius 3 is 2.03 bits per heavy atom. The summed E-state index contributed by atoms with van der Waals surface area (Å²) >= 11 is 0. The van der Waals surface area contributed by atoms with Crippen molar-refractivity contribution in [2.75, 3.05) is 13.2 Å². The van der Waals surface area contributed by atoms with E-state index < -0.39 is 13.9 Å². The average Bonchev–Trinajstić information content (AvgIpc) is 3.23. The van der Waals surface area contributed by atoms with Crippen LogP contribution in [0.4, 0.5) is 4.79 Å². The van der Waals surface area contributed by atoms with Crippen LogP contribution < -0.4 is 10.4 Å². The lowest BCUT2D eigenvalue weighted by molar-refractivity contribution is 0.0198. The molecule has 2 heterocycles. The number of ether oxygens (including phenoxy) is 1. The van der Waals surface area contributed by atoms with Gasteiger partial charge in [0.2, 0.25) is 0 Å². The largest absolute Gasteiger partial charge is 0.444 e. The molecule has 1 aliphatic heterocycles. The van der Waals surface area contributed by atoms with E-state index in [4.69, 9.17) is 14.1 Å². The van der Waals surface area contributed by atoms with Crippen LogP contribution in [0.15, 0.2) is 66.9 Å². The monoisotopic (exact) mass is 505 g/mol. The standard InChI is InChI=1S/C29H39N3O3Si/c1-28(2,3)35-27(33)31-18-19-32-23(22-31)21-30-26(32)17-20-34-36(29(4,5)6,24-13-9-7-10-14-24)25-15-11-8-12-16-25/h7-16,21H,17-20,22H2,1-6H3. The van der Waals surface area contributed by atoms with Gasteiger partial charge in [0.25, 0.3) is 8.32 Å². The third-order valence-electron chi connectivity index (χ3n) is 6.68. The molecular formula is C29H39N3O3Si. The quantitative estimate of drug-likeness (QED) is 0.454. The first-order valence-electron chi connectivity index (χ1n) is 12.8. The van der Waals surface area contributed by atoms with Gasteiger partial charge in [0.05, 0.1) is 18.4 Å². The molecule has 192 valence electrons. The summed E-state index contributed by atoms with van der Waals surface area (Å²) in [6.07, 6.45) is 2.33. The van der Waals surface area contributed by atoms with Crippen molar-refractivity contribution >= 4 is 24.8 Å². The molecule has 36 heavy (non-hydrogen) atoms. The fraction of sp³-hybridized carbons (Fsp3) is 0.448. The van der Waals surface area contributed by atoms with Crippen LogP contribution in [0.2, 0.25) is 5.04 Å². The van der Waals surface area contributed by atoms with Crippen molar-refractivity contribution in [1.29, 1.82) is 0 Å². The predicted molar refractivity (Wildman–Crippen MR) is 146 cm³/mol. The van der Waals surface area contributed by atoms with E-state index >= 15 is 0 Å². The minimum atomic E-state index is -2.57. The van der Waals surface area contributed by atoms with E-state index in [0.29, 0.717) is 26.2 Å². The molecule has 0 bridgehead atoms. The van der Waals surface area contributed by atoms with Crippen LogP contribution in [0.1, 0.15) is 53.1 Å². The molecule has 0 saturated carbocycles. The van der Waals surface area contributed by atoms with E-state index in [0.717, 1.165) is 17.9 Å². The second-order valence-corrected chi connectivity index (χ2v) is 15.8. The highest BCUT2D eigenvalue weighted by Crippen LogP contribution is 2.36. The maximum atomic E-state index is 12.5. The van der Waals surface area contributed by atoms with Gasteiger partial charge in [-0.1, -0.05) is 81.4 Å². The van der Waals surface area contributed by atoms with E-state index in [9.17, 15) is 4.79 Å². The number of carbonyl (C=O) groups excluding carboxylic acids is 1. The number of nitrogens with zero attached hydrogens (tertiary/aromatic N) is 3. The summed E-state index contributed by atoms with van der Waals surface area (Å²) in [5.41, 5.74) is 0.533. The van der Waals surface area contributed by atoms with Crippen LogP contribution in [0.25, 0.3) is 0 Å². The van der Waals surface area contributed by atoms with Crippen molar-refractivity contribution in [3.05, 3.63) is 78.4 Å². The minimum absolute atomic E-state index is 0.0599. The Labute approximate surface area is 216 Å². The van der Waals surface area contributed by atoms with Crippen molar-refractivity contribution in [3.8, 4) is 0 Å². The van der Waals surface area contributed by atoms with Crippen molar-refractivity contribution in [3.63, 3.8) is 0 Å². The van der Waals surface area contributed by atoms with Gasteiger partial charge in [-0.3, -0.25) is 0 Å². The van der Waals surface area contributed by atoms with Gasteiger partial charge >= 0.3 is 6.09 Å². The molecule has 0 saturated heterocycles. The second kappa shape index (κ2) is 10.2. The fourth-order valence-corrected chi connectivity index (χ4v) is 9.65. The summed E-state index contributed by atoms with van der Waals surface area (Å²) in [4.78, 5) is 19.0. The zero-order valence-corrected chi connectivity index (χ0v) is 23.5. The minimum Gasteiger partial charge on any atom is -0.444 e. The maximum absolute atomic E-state index is 12.5. The molecule has 7 heteroatoms. The molecule has 4 rings (SSSR count). The Bertz CT molecular complexity index is 1120. The molecule has 0 fully saturated rings. The van der Waals surface area contributed by atoms with E-state index in [1.807, 2.05) is 27.0 Å². The van der Waals surface area contributed by atoms with Gasteiger partial charge in [0.1, 0.15) is 11.4 Å². The molecule has 2 aromatic carbocycles. The van der Waals surface area contributed by atoms with E-state index in [-0.39, 0.29) is 11.1 Å². The van der Waals surface area contributed by atoms with E-state index in [1.54, 1.807) is 4.90 Å². The Morgan fingerprint density at radius 1 is 0.917 bits per heavy atom. The Kier molecular flexibility index (Phi) is 7.43. The average molecular weight is 506 g/mol. The third-order valence-corrected chi connectivity index (χ3v) is 11.7. The second-order valence-electron chi connectivity index (χ2n) is 11.5. The molecule has 0 aliphatic carbocycles. The highest BCUT2D eigenvalue weighted by atomic mass is 28.4.